The molecule has 1 heterocycles. The summed E-state index contributed by atoms with van der Waals surface area (Å²) in [7, 11) is 1.50. The van der Waals surface area contributed by atoms with Crippen molar-refractivity contribution in [3.63, 3.8) is 0 Å². The van der Waals surface area contributed by atoms with Gasteiger partial charge in [-0.25, -0.2) is 0 Å². The van der Waals surface area contributed by atoms with Crippen LogP contribution in [-0.4, -0.2) is 24.0 Å². The smallest absolute Gasteiger partial charge is 0.270 e. The molecule has 0 bridgehead atoms. The second-order valence-electron chi connectivity index (χ2n) is 8.25. The molecule has 0 atom stereocenters. The maximum atomic E-state index is 13.2. The number of halogens is 1. The lowest BCUT2D eigenvalue weighted by atomic mass is 10.1. The van der Waals surface area contributed by atoms with E-state index in [0.29, 0.717) is 22.7 Å². The number of methoxy groups -OCH3 is 1. The molecule has 8 heteroatoms. The highest BCUT2D eigenvalue weighted by atomic mass is 35.5. The third-order valence-corrected chi connectivity index (χ3v) is 6.50. The molecule has 1 N–H and O–H groups in total. The number of carbonyl (C=O) groups is 2. The first-order valence-corrected chi connectivity index (χ1v) is 12.2. The van der Waals surface area contributed by atoms with Gasteiger partial charge in [-0.3, -0.25) is 19.8 Å². The van der Waals surface area contributed by atoms with E-state index in [1.807, 2.05) is 48.5 Å². The zero-order valence-electron chi connectivity index (χ0n) is 19.7. The van der Waals surface area contributed by atoms with Crippen molar-refractivity contribution in [3.05, 3.63) is 107 Å². The first-order valence-electron chi connectivity index (χ1n) is 11.4. The van der Waals surface area contributed by atoms with Gasteiger partial charge in [0.2, 0.25) is 0 Å². The molecule has 2 amide bonds. The van der Waals surface area contributed by atoms with Gasteiger partial charge in [0.05, 0.1) is 17.8 Å². The Morgan fingerprint density at radius 3 is 2.49 bits per heavy atom. The van der Waals surface area contributed by atoms with E-state index < -0.39 is 11.8 Å². The molecule has 0 spiro atoms. The Morgan fingerprint density at radius 1 is 0.973 bits per heavy atom. The number of amides is 2. The lowest BCUT2D eigenvalue weighted by Gasteiger charge is -2.28. The van der Waals surface area contributed by atoms with Crippen molar-refractivity contribution in [2.24, 2.45) is 0 Å². The summed E-state index contributed by atoms with van der Waals surface area (Å²) < 4.78 is 11.6. The summed E-state index contributed by atoms with van der Waals surface area (Å²) in [4.78, 5) is 27.2. The lowest BCUT2D eigenvalue weighted by Crippen LogP contribution is -2.54. The molecule has 1 aliphatic rings. The van der Waals surface area contributed by atoms with Crippen LogP contribution in [0, 0.1) is 0 Å². The third-order valence-electron chi connectivity index (χ3n) is 5.93. The molecule has 184 valence electrons. The first-order chi connectivity index (χ1) is 18.0. The normalized spacial score (nSPS) is 14.7. The molecule has 0 aromatic heterocycles. The largest absolute Gasteiger partial charge is 0.493 e. The minimum absolute atomic E-state index is 0.0196. The topological polar surface area (TPSA) is 67.9 Å². The summed E-state index contributed by atoms with van der Waals surface area (Å²) in [5.74, 6) is -0.385. The number of ether oxygens (including phenoxy) is 2. The van der Waals surface area contributed by atoms with E-state index >= 15 is 0 Å². The zero-order valence-corrected chi connectivity index (χ0v) is 21.3. The number of rotatable bonds is 6. The molecule has 4 aromatic carbocycles. The van der Waals surface area contributed by atoms with Crippen molar-refractivity contribution in [3.8, 4) is 11.5 Å². The number of anilines is 1. The van der Waals surface area contributed by atoms with Crippen molar-refractivity contribution in [2.45, 2.75) is 6.61 Å². The zero-order chi connectivity index (χ0) is 25.9. The first kappa shape index (κ1) is 24.5. The van der Waals surface area contributed by atoms with Crippen LogP contribution in [0.5, 0.6) is 11.5 Å². The van der Waals surface area contributed by atoms with Gasteiger partial charge in [-0.2, -0.15) is 0 Å². The van der Waals surface area contributed by atoms with Crippen LogP contribution in [0.1, 0.15) is 11.1 Å². The second-order valence-corrected chi connectivity index (χ2v) is 9.05. The standard InChI is InChI=1S/C29H21ClN2O4S/c1-35-25-16-18(14-23-27(33)31-29(37)32(28(23)34)21-11-3-2-4-12-21)15-24(30)26(25)36-17-20-10-7-9-19-8-5-6-13-22(19)20/h2-16H,17H2,1H3,(H,31,33,37)/b23-14-. The molecule has 0 unspecified atom stereocenters. The Kier molecular flexibility index (Phi) is 6.90. The summed E-state index contributed by atoms with van der Waals surface area (Å²) in [6.07, 6.45) is 1.46. The number of carbonyl (C=O) groups excluding carboxylic acids is 2. The summed E-state index contributed by atoms with van der Waals surface area (Å²) in [6, 6.07) is 26.2. The van der Waals surface area contributed by atoms with E-state index in [9.17, 15) is 9.59 Å². The van der Waals surface area contributed by atoms with Gasteiger partial charge in [0.25, 0.3) is 11.8 Å². The molecule has 0 saturated carbocycles. The molecule has 4 aromatic rings. The Labute approximate surface area is 224 Å². The number of nitrogens with one attached hydrogen (secondary N) is 1. The SMILES string of the molecule is COc1cc(/C=C2/C(=O)NC(=S)N(c3ccccc3)C2=O)cc(Cl)c1OCc1cccc2ccccc12. The fourth-order valence-electron chi connectivity index (χ4n) is 4.17. The summed E-state index contributed by atoms with van der Waals surface area (Å²) in [5, 5.41) is 5.08. The van der Waals surface area contributed by atoms with E-state index in [4.69, 9.17) is 33.3 Å². The molecule has 37 heavy (non-hydrogen) atoms. The number of thiocarbonyl (C=S) groups is 1. The molecular formula is C29H21ClN2O4S. The van der Waals surface area contributed by atoms with E-state index in [1.165, 1.54) is 18.1 Å². The molecule has 1 fully saturated rings. The Morgan fingerprint density at radius 2 is 1.70 bits per heavy atom. The average molecular weight is 529 g/mol. The van der Waals surface area contributed by atoms with Crippen molar-refractivity contribution < 1.29 is 19.1 Å². The highest BCUT2D eigenvalue weighted by Gasteiger charge is 2.34. The number of hydrogen-bond donors (Lipinski definition) is 1. The molecule has 1 aliphatic heterocycles. The van der Waals surface area contributed by atoms with Crippen LogP contribution in [-0.2, 0) is 16.2 Å². The lowest BCUT2D eigenvalue weighted by molar-refractivity contribution is -0.122. The van der Waals surface area contributed by atoms with E-state index in [0.717, 1.165) is 16.3 Å². The van der Waals surface area contributed by atoms with Crippen LogP contribution in [0.2, 0.25) is 5.02 Å². The Hall–Kier alpha value is -4.20. The predicted octanol–water partition coefficient (Wildman–Crippen LogP) is 5.91. The molecule has 6 nitrogen and oxygen atoms in total. The Bertz CT molecular complexity index is 1560. The molecule has 5 rings (SSSR count). The van der Waals surface area contributed by atoms with Crippen LogP contribution in [0.25, 0.3) is 16.8 Å². The van der Waals surface area contributed by atoms with Gasteiger partial charge in [0.15, 0.2) is 16.6 Å². The van der Waals surface area contributed by atoms with Crippen molar-refractivity contribution in [1.29, 1.82) is 0 Å². The van der Waals surface area contributed by atoms with Crippen LogP contribution in [0.15, 0.2) is 90.5 Å². The monoisotopic (exact) mass is 528 g/mol. The predicted molar refractivity (Wildman–Crippen MR) is 149 cm³/mol. The van der Waals surface area contributed by atoms with Crippen LogP contribution < -0.4 is 19.7 Å². The quantitative estimate of drug-likeness (QED) is 0.191. The minimum Gasteiger partial charge on any atom is -0.493 e. The number of fused-ring (bicyclic) bond motifs is 1. The van der Waals surface area contributed by atoms with Crippen molar-refractivity contribution in [2.75, 3.05) is 12.0 Å². The summed E-state index contributed by atoms with van der Waals surface area (Å²) in [6.45, 7) is 0.280. The van der Waals surface area contributed by atoms with Gasteiger partial charge in [-0.05, 0) is 64.5 Å². The van der Waals surface area contributed by atoms with Gasteiger partial charge in [-0.1, -0.05) is 72.3 Å². The maximum absolute atomic E-state index is 13.2. The fraction of sp³-hybridized carbons (Fsp3) is 0.0690. The molecule has 0 aliphatic carbocycles. The van der Waals surface area contributed by atoms with Gasteiger partial charge >= 0.3 is 0 Å². The third kappa shape index (κ3) is 4.91. The van der Waals surface area contributed by atoms with Gasteiger partial charge in [-0.15, -0.1) is 0 Å². The number of para-hydroxylation sites is 1. The van der Waals surface area contributed by atoms with Crippen molar-refractivity contribution >= 4 is 63.3 Å². The molecular weight excluding hydrogens is 508 g/mol. The minimum atomic E-state index is -0.589. The summed E-state index contributed by atoms with van der Waals surface area (Å²) in [5.41, 5.74) is 1.97. The van der Waals surface area contributed by atoms with Gasteiger partial charge in [0, 0.05) is 0 Å². The van der Waals surface area contributed by atoms with Crippen LogP contribution in [0.3, 0.4) is 0 Å². The van der Waals surface area contributed by atoms with E-state index in [1.54, 1.807) is 36.4 Å². The molecule has 0 radical (unpaired) electrons. The van der Waals surface area contributed by atoms with Crippen molar-refractivity contribution in [1.82, 2.24) is 5.32 Å². The maximum Gasteiger partial charge on any atom is 0.270 e. The highest BCUT2D eigenvalue weighted by molar-refractivity contribution is 7.80. The second kappa shape index (κ2) is 10.4. The molecule has 1 saturated heterocycles. The van der Waals surface area contributed by atoms with E-state index in [-0.39, 0.29) is 22.3 Å². The van der Waals surface area contributed by atoms with Crippen LogP contribution >= 0.6 is 23.8 Å². The van der Waals surface area contributed by atoms with Crippen LogP contribution in [0.4, 0.5) is 5.69 Å². The van der Waals surface area contributed by atoms with Gasteiger partial charge in [0.1, 0.15) is 12.2 Å². The average Bonchev–Trinajstić information content (AvgIpc) is 2.90. The number of benzene rings is 4. The number of hydrogen-bond acceptors (Lipinski definition) is 5. The van der Waals surface area contributed by atoms with Gasteiger partial charge < -0.3 is 9.47 Å². The fourth-order valence-corrected chi connectivity index (χ4v) is 4.72. The highest BCUT2D eigenvalue weighted by Crippen LogP contribution is 2.38. The summed E-state index contributed by atoms with van der Waals surface area (Å²) >= 11 is 11.8. The van der Waals surface area contributed by atoms with E-state index in [2.05, 4.69) is 5.32 Å². The Balaban J connectivity index is 1.44. The number of nitrogens with zero attached hydrogens (tertiary/aromatic N) is 1.